The Labute approximate surface area is 96.0 Å². The van der Waals surface area contributed by atoms with Gasteiger partial charge in [-0.3, -0.25) is 4.79 Å². The summed E-state index contributed by atoms with van der Waals surface area (Å²) >= 11 is 8.77. The number of Topliss-reactive ketones (excluding diaryl/α,β-unsaturated/α-hetero) is 1. The number of rotatable bonds is 4. The van der Waals surface area contributed by atoms with Crippen LogP contribution in [-0.2, 0) is 6.61 Å². The molecule has 0 heterocycles. The van der Waals surface area contributed by atoms with Gasteiger partial charge in [0.2, 0.25) is 0 Å². The Kier molecular flexibility index (Phi) is 4.58. The van der Waals surface area contributed by atoms with Crippen molar-refractivity contribution in [1.29, 1.82) is 0 Å². The molecule has 0 amide bonds. The van der Waals surface area contributed by atoms with Crippen LogP contribution in [0.25, 0.3) is 0 Å². The molecule has 1 aromatic carbocycles. The smallest absolute Gasteiger partial charge is 0.165 e. The van der Waals surface area contributed by atoms with Crippen LogP contribution in [0.3, 0.4) is 0 Å². The predicted octanol–water partition coefficient (Wildman–Crippen LogP) is 2.75. The molecular weight excluding hydrogens is 267 g/mol. The molecule has 0 aliphatic heterocycles. The predicted molar refractivity (Wildman–Crippen MR) is 59.7 cm³/mol. The first-order chi connectivity index (χ1) is 6.69. The van der Waals surface area contributed by atoms with Crippen LogP contribution < -0.4 is 0 Å². The van der Waals surface area contributed by atoms with Crippen LogP contribution in [-0.4, -0.2) is 16.8 Å². The first-order valence-electron chi connectivity index (χ1n) is 4.17. The highest BCUT2D eigenvalue weighted by atomic mass is 79.9. The summed E-state index contributed by atoms with van der Waals surface area (Å²) in [7, 11) is 0. The maximum atomic E-state index is 11.5. The Balaban J connectivity index is 2.99. The van der Waals surface area contributed by atoms with E-state index in [1.54, 1.807) is 18.2 Å². The molecule has 4 heteroatoms. The Morgan fingerprint density at radius 2 is 2.21 bits per heavy atom. The summed E-state index contributed by atoms with van der Waals surface area (Å²) in [6, 6.07) is 5.20. The van der Waals surface area contributed by atoms with Crippen molar-refractivity contribution in [3.05, 3.63) is 33.8 Å². The Morgan fingerprint density at radius 1 is 1.50 bits per heavy atom. The van der Waals surface area contributed by atoms with E-state index in [-0.39, 0.29) is 12.4 Å². The summed E-state index contributed by atoms with van der Waals surface area (Å²) in [6.45, 7) is -0.0611. The molecule has 76 valence electrons. The van der Waals surface area contributed by atoms with Gasteiger partial charge in [0.05, 0.1) is 6.61 Å². The fraction of sp³-hybridized carbons (Fsp3) is 0.300. The number of hydrogen-bond donors (Lipinski definition) is 1. The molecule has 0 bridgehead atoms. The molecule has 0 saturated carbocycles. The highest BCUT2D eigenvalue weighted by Crippen LogP contribution is 2.20. The highest BCUT2D eigenvalue weighted by molar-refractivity contribution is 9.10. The van der Waals surface area contributed by atoms with E-state index in [1.165, 1.54) is 0 Å². The molecule has 0 fully saturated rings. The van der Waals surface area contributed by atoms with E-state index in [0.717, 1.165) is 10.0 Å². The van der Waals surface area contributed by atoms with E-state index in [2.05, 4.69) is 15.9 Å². The first-order valence-corrected chi connectivity index (χ1v) is 5.50. The highest BCUT2D eigenvalue weighted by Gasteiger charge is 2.09. The van der Waals surface area contributed by atoms with Crippen molar-refractivity contribution < 1.29 is 9.90 Å². The van der Waals surface area contributed by atoms with Crippen LogP contribution in [0, 0.1) is 0 Å². The zero-order valence-corrected chi connectivity index (χ0v) is 9.81. The quantitative estimate of drug-likeness (QED) is 0.679. The number of carbonyl (C=O) groups is 1. The van der Waals surface area contributed by atoms with Gasteiger partial charge in [0.1, 0.15) is 0 Å². The lowest BCUT2D eigenvalue weighted by Gasteiger charge is -2.04. The van der Waals surface area contributed by atoms with Gasteiger partial charge in [0, 0.05) is 22.3 Å². The van der Waals surface area contributed by atoms with Crippen molar-refractivity contribution in [3.8, 4) is 0 Å². The molecule has 0 aliphatic carbocycles. The minimum absolute atomic E-state index is 0.0119. The van der Waals surface area contributed by atoms with Crippen molar-refractivity contribution in [2.45, 2.75) is 13.0 Å². The van der Waals surface area contributed by atoms with Crippen molar-refractivity contribution in [2.24, 2.45) is 0 Å². The maximum Gasteiger partial charge on any atom is 0.165 e. The lowest BCUT2D eigenvalue weighted by Crippen LogP contribution is -2.02. The number of hydrogen-bond acceptors (Lipinski definition) is 2. The second-order valence-corrected chi connectivity index (χ2v) is 4.07. The van der Waals surface area contributed by atoms with E-state index in [4.69, 9.17) is 16.7 Å². The third-order valence-electron chi connectivity index (χ3n) is 1.84. The lowest BCUT2D eigenvalue weighted by molar-refractivity contribution is 0.0988. The molecule has 0 aromatic heterocycles. The van der Waals surface area contributed by atoms with Gasteiger partial charge in [-0.2, -0.15) is 0 Å². The summed E-state index contributed by atoms with van der Waals surface area (Å²) in [5, 5.41) is 8.91. The molecule has 2 nitrogen and oxygen atoms in total. The molecular formula is C10H10BrClO2. The van der Waals surface area contributed by atoms with Crippen LogP contribution in [0.5, 0.6) is 0 Å². The fourth-order valence-electron chi connectivity index (χ4n) is 1.10. The van der Waals surface area contributed by atoms with Gasteiger partial charge in [0.15, 0.2) is 5.78 Å². The SMILES string of the molecule is O=C(CCCl)c1cc(CO)ccc1Br. The maximum absolute atomic E-state index is 11.5. The molecule has 0 radical (unpaired) electrons. The van der Waals surface area contributed by atoms with Gasteiger partial charge in [-0.1, -0.05) is 22.0 Å². The molecule has 1 N–H and O–H groups in total. The van der Waals surface area contributed by atoms with Crippen molar-refractivity contribution >= 4 is 33.3 Å². The van der Waals surface area contributed by atoms with E-state index in [0.29, 0.717) is 17.9 Å². The number of carbonyl (C=O) groups excluding carboxylic acids is 1. The number of ketones is 1. The molecule has 0 aliphatic rings. The van der Waals surface area contributed by atoms with Crippen LogP contribution in [0.1, 0.15) is 22.3 Å². The second kappa shape index (κ2) is 5.49. The molecule has 0 spiro atoms. The first kappa shape index (κ1) is 11.7. The molecule has 1 aromatic rings. The van der Waals surface area contributed by atoms with Crippen molar-refractivity contribution in [2.75, 3.05) is 5.88 Å². The van der Waals surface area contributed by atoms with E-state index in [1.807, 2.05) is 0 Å². The van der Waals surface area contributed by atoms with Gasteiger partial charge in [-0.25, -0.2) is 0 Å². The zero-order chi connectivity index (χ0) is 10.6. The number of aliphatic hydroxyl groups excluding tert-OH is 1. The van der Waals surface area contributed by atoms with E-state index in [9.17, 15) is 4.79 Å². The van der Waals surface area contributed by atoms with Gasteiger partial charge >= 0.3 is 0 Å². The topological polar surface area (TPSA) is 37.3 Å². The average molecular weight is 278 g/mol. The van der Waals surface area contributed by atoms with E-state index >= 15 is 0 Å². The Hall–Kier alpha value is -0.380. The normalized spacial score (nSPS) is 10.2. The third-order valence-corrected chi connectivity index (χ3v) is 2.72. The van der Waals surface area contributed by atoms with Crippen molar-refractivity contribution in [1.82, 2.24) is 0 Å². The fourth-order valence-corrected chi connectivity index (χ4v) is 1.74. The van der Waals surface area contributed by atoms with Crippen LogP contribution in [0.4, 0.5) is 0 Å². The average Bonchev–Trinajstić information content (AvgIpc) is 2.19. The number of aliphatic hydroxyl groups is 1. The Morgan fingerprint density at radius 3 is 2.79 bits per heavy atom. The zero-order valence-electron chi connectivity index (χ0n) is 7.46. The molecule has 1 rings (SSSR count). The molecule has 14 heavy (non-hydrogen) atoms. The number of benzene rings is 1. The summed E-state index contributed by atoms with van der Waals surface area (Å²) < 4.78 is 0.741. The van der Waals surface area contributed by atoms with Gasteiger partial charge in [0.25, 0.3) is 0 Å². The minimum Gasteiger partial charge on any atom is -0.392 e. The molecule has 0 saturated heterocycles. The lowest BCUT2D eigenvalue weighted by atomic mass is 10.1. The van der Waals surface area contributed by atoms with Crippen molar-refractivity contribution in [3.63, 3.8) is 0 Å². The summed E-state index contributed by atoms with van der Waals surface area (Å²) in [6.07, 6.45) is 0.315. The summed E-state index contributed by atoms with van der Waals surface area (Å²) in [4.78, 5) is 11.5. The number of halogens is 2. The van der Waals surface area contributed by atoms with E-state index < -0.39 is 0 Å². The van der Waals surface area contributed by atoms with Gasteiger partial charge in [-0.15, -0.1) is 11.6 Å². The molecule has 0 unspecified atom stereocenters. The molecule has 0 atom stereocenters. The minimum atomic E-state index is -0.0611. The van der Waals surface area contributed by atoms with Crippen LogP contribution >= 0.6 is 27.5 Å². The monoisotopic (exact) mass is 276 g/mol. The number of alkyl halides is 1. The Bertz CT molecular complexity index is 339. The second-order valence-electron chi connectivity index (χ2n) is 2.83. The van der Waals surface area contributed by atoms with Crippen LogP contribution in [0.2, 0.25) is 0 Å². The van der Waals surface area contributed by atoms with Crippen LogP contribution in [0.15, 0.2) is 22.7 Å². The summed E-state index contributed by atoms with van der Waals surface area (Å²) in [5.74, 6) is 0.302. The standard InChI is InChI=1S/C10H10BrClO2/c11-9-2-1-7(6-13)5-8(9)10(14)3-4-12/h1-2,5,13H,3-4,6H2. The summed E-state index contributed by atoms with van der Waals surface area (Å²) in [5.41, 5.74) is 1.31. The van der Waals surface area contributed by atoms with Gasteiger partial charge in [-0.05, 0) is 17.7 Å². The third kappa shape index (κ3) is 2.80. The largest absolute Gasteiger partial charge is 0.392 e. The van der Waals surface area contributed by atoms with Gasteiger partial charge < -0.3 is 5.11 Å².